The maximum atomic E-state index is 5.78. The Morgan fingerprint density at radius 2 is 2.06 bits per heavy atom. The van der Waals surface area contributed by atoms with E-state index in [0.717, 1.165) is 25.6 Å². The largest absolute Gasteiger partial charge is 0.375 e. The molecule has 0 aromatic rings. The molecule has 1 saturated heterocycles. The minimum absolute atomic E-state index is 0.00625. The van der Waals surface area contributed by atoms with E-state index in [1.807, 2.05) is 0 Å². The molecule has 1 heterocycles. The van der Waals surface area contributed by atoms with Crippen molar-refractivity contribution < 1.29 is 4.74 Å². The summed E-state index contributed by atoms with van der Waals surface area (Å²) in [5.41, 5.74) is -0.00625. The van der Waals surface area contributed by atoms with E-state index in [-0.39, 0.29) is 5.60 Å². The van der Waals surface area contributed by atoms with Crippen LogP contribution in [0.3, 0.4) is 0 Å². The second kappa shape index (κ2) is 6.72. The summed E-state index contributed by atoms with van der Waals surface area (Å²) in [6.07, 6.45) is 1.27. The van der Waals surface area contributed by atoms with Gasteiger partial charge < -0.3 is 15.0 Å². The number of rotatable bonds is 5. The molecule has 2 unspecified atom stereocenters. The van der Waals surface area contributed by atoms with Crippen molar-refractivity contribution in [2.75, 3.05) is 32.8 Å². The summed E-state index contributed by atoms with van der Waals surface area (Å²) >= 11 is 0. The van der Waals surface area contributed by atoms with Crippen molar-refractivity contribution in [3.05, 3.63) is 0 Å². The van der Waals surface area contributed by atoms with Gasteiger partial charge in [-0.25, -0.2) is 0 Å². The van der Waals surface area contributed by atoms with Crippen LogP contribution in [-0.2, 0) is 4.74 Å². The Bertz CT molecular complexity index is 213. The Hall–Kier alpha value is -0.120. The Morgan fingerprint density at radius 1 is 1.35 bits per heavy atom. The highest BCUT2D eigenvalue weighted by molar-refractivity contribution is 4.82. The van der Waals surface area contributed by atoms with Gasteiger partial charge in [0.1, 0.15) is 0 Å². The van der Waals surface area contributed by atoms with Gasteiger partial charge in [0.25, 0.3) is 0 Å². The third-order valence-electron chi connectivity index (χ3n) is 3.40. The molecule has 0 radical (unpaired) electrons. The van der Waals surface area contributed by atoms with Crippen LogP contribution < -0.4 is 5.32 Å². The molecule has 17 heavy (non-hydrogen) atoms. The molecule has 1 rings (SSSR count). The first-order chi connectivity index (χ1) is 7.92. The maximum Gasteiger partial charge on any atom is 0.0600 e. The van der Waals surface area contributed by atoms with Crippen molar-refractivity contribution in [3.63, 3.8) is 0 Å². The van der Waals surface area contributed by atoms with Crippen LogP contribution in [0, 0.1) is 5.92 Å². The molecule has 0 bridgehead atoms. The molecule has 3 nitrogen and oxygen atoms in total. The second-order valence-electron chi connectivity index (χ2n) is 6.19. The fraction of sp³-hybridized carbons (Fsp3) is 1.00. The summed E-state index contributed by atoms with van der Waals surface area (Å²) in [4.78, 5) is 2.53. The van der Waals surface area contributed by atoms with Crippen LogP contribution in [0.15, 0.2) is 0 Å². The summed E-state index contributed by atoms with van der Waals surface area (Å²) in [5.74, 6) is 0.748. The van der Waals surface area contributed by atoms with E-state index in [4.69, 9.17) is 4.74 Å². The number of ether oxygens (including phenoxy) is 1. The molecule has 1 fully saturated rings. The van der Waals surface area contributed by atoms with Gasteiger partial charge in [-0.15, -0.1) is 0 Å². The predicted octanol–water partition coefficient (Wildman–Crippen LogP) is 2.12. The van der Waals surface area contributed by atoms with E-state index in [2.05, 4.69) is 44.8 Å². The van der Waals surface area contributed by atoms with Crippen LogP contribution in [-0.4, -0.2) is 49.3 Å². The van der Waals surface area contributed by atoms with Crippen LogP contribution in [0.1, 0.15) is 41.0 Å². The molecule has 1 aliphatic rings. The molecule has 1 N–H and O–H groups in total. The molecule has 102 valence electrons. The summed E-state index contributed by atoms with van der Waals surface area (Å²) in [7, 11) is 0. The number of likely N-dealkylation sites (tertiary alicyclic amines) is 1. The zero-order valence-electron chi connectivity index (χ0n) is 12.3. The number of hydrogen-bond acceptors (Lipinski definition) is 3. The standard InChI is InChI=1S/C14H30N2O/c1-6-15-13-7-8-16(11-12(13)2)9-10-17-14(3,4)5/h12-13,15H,6-11H2,1-5H3. The maximum absolute atomic E-state index is 5.78. The third-order valence-corrected chi connectivity index (χ3v) is 3.40. The lowest BCUT2D eigenvalue weighted by atomic mass is 9.94. The van der Waals surface area contributed by atoms with Gasteiger partial charge >= 0.3 is 0 Å². The fourth-order valence-electron chi connectivity index (χ4n) is 2.48. The molecule has 0 amide bonds. The molecule has 1 aliphatic heterocycles. The normalized spacial score (nSPS) is 27.4. The van der Waals surface area contributed by atoms with Crippen LogP contribution in [0.2, 0.25) is 0 Å². The summed E-state index contributed by atoms with van der Waals surface area (Å²) < 4.78 is 5.78. The Kier molecular flexibility index (Phi) is 5.90. The first kappa shape index (κ1) is 14.9. The summed E-state index contributed by atoms with van der Waals surface area (Å²) in [5, 5.41) is 3.58. The first-order valence-electron chi connectivity index (χ1n) is 7.02. The van der Waals surface area contributed by atoms with Crippen molar-refractivity contribution in [1.82, 2.24) is 10.2 Å². The predicted molar refractivity (Wildman–Crippen MR) is 73.4 cm³/mol. The van der Waals surface area contributed by atoms with Crippen molar-refractivity contribution in [2.45, 2.75) is 52.7 Å². The quantitative estimate of drug-likeness (QED) is 0.799. The van der Waals surface area contributed by atoms with Crippen LogP contribution in [0.4, 0.5) is 0 Å². The third kappa shape index (κ3) is 5.84. The smallest absolute Gasteiger partial charge is 0.0600 e. The number of nitrogens with one attached hydrogen (secondary N) is 1. The van der Waals surface area contributed by atoms with E-state index in [1.54, 1.807) is 0 Å². The van der Waals surface area contributed by atoms with Crippen LogP contribution in [0.5, 0.6) is 0 Å². The van der Waals surface area contributed by atoms with Gasteiger partial charge in [-0.2, -0.15) is 0 Å². The van der Waals surface area contributed by atoms with Gasteiger partial charge in [-0.05, 0) is 46.2 Å². The van der Waals surface area contributed by atoms with E-state index < -0.39 is 0 Å². The zero-order chi connectivity index (χ0) is 12.9. The van der Waals surface area contributed by atoms with E-state index in [1.165, 1.54) is 19.5 Å². The average molecular weight is 242 g/mol. The Labute approximate surface area is 107 Å². The highest BCUT2D eigenvalue weighted by atomic mass is 16.5. The molecular weight excluding hydrogens is 212 g/mol. The molecular formula is C14H30N2O. The van der Waals surface area contributed by atoms with Gasteiger partial charge in [0.05, 0.1) is 12.2 Å². The summed E-state index contributed by atoms with van der Waals surface area (Å²) in [6.45, 7) is 16.3. The lowest BCUT2D eigenvalue weighted by Crippen LogP contribution is -2.49. The molecule has 3 heteroatoms. The molecule has 2 atom stereocenters. The van der Waals surface area contributed by atoms with E-state index in [9.17, 15) is 0 Å². The lowest BCUT2D eigenvalue weighted by molar-refractivity contribution is -0.0180. The van der Waals surface area contributed by atoms with Crippen molar-refractivity contribution >= 4 is 0 Å². The average Bonchev–Trinajstić information content (AvgIpc) is 2.20. The number of piperidine rings is 1. The topological polar surface area (TPSA) is 24.5 Å². The number of nitrogens with zero attached hydrogens (tertiary/aromatic N) is 1. The van der Waals surface area contributed by atoms with Gasteiger partial charge in [-0.1, -0.05) is 13.8 Å². The minimum atomic E-state index is -0.00625. The second-order valence-corrected chi connectivity index (χ2v) is 6.19. The Balaban J connectivity index is 2.21. The molecule has 0 spiro atoms. The highest BCUT2D eigenvalue weighted by Gasteiger charge is 2.25. The van der Waals surface area contributed by atoms with Gasteiger partial charge in [-0.3, -0.25) is 0 Å². The van der Waals surface area contributed by atoms with Gasteiger partial charge in [0, 0.05) is 19.1 Å². The molecule has 0 aromatic carbocycles. The Morgan fingerprint density at radius 3 is 2.59 bits per heavy atom. The van der Waals surface area contributed by atoms with Gasteiger partial charge in [0.15, 0.2) is 0 Å². The van der Waals surface area contributed by atoms with E-state index >= 15 is 0 Å². The molecule has 0 aromatic heterocycles. The minimum Gasteiger partial charge on any atom is -0.375 e. The zero-order valence-corrected chi connectivity index (χ0v) is 12.3. The van der Waals surface area contributed by atoms with Gasteiger partial charge in [0.2, 0.25) is 0 Å². The van der Waals surface area contributed by atoms with Crippen molar-refractivity contribution in [2.24, 2.45) is 5.92 Å². The summed E-state index contributed by atoms with van der Waals surface area (Å²) in [6, 6.07) is 0.708. The first-order valence-corrected chi connectivity index (χ1v) is 7.02. The van der Waals surface area contributed by atoms with E-state index in [0.29, 0.717) is 6.04 Å². The lowest BCUT2D eigenvalue weighted by Gasteiger charge is -2.37. The molecule has 0 saturated carbocycles. The van der Waals surface area contributed by atoms with Crippen LogP contribution >= 0.6 is 0 Å². The van der Waals surface area contributed by atoms with Crippen molar-refractivity contribution in [1.29, 1.82) is 0 Å². The molecule has 0 aliphatic carbocycles. The highest BCUT2D eigenvalue weighted by Crippen LogP contribution is 2.16. The van der Waals surface area contributed by atoms with Crippen LogP contribution in [0.25, 0.3) is 0 Å². The fourth-order valence-corrected chi connectivity index (χ4v) is 2.48. The monoisotopic (exact) mass is 242 g/mol. The SMILES string of the molecule is CCNC1CCN(CCOC(C)(C)C)CC1C. The number of hydrogen-bond donors (Lipinski definition) is 1. The van der Waals surface area contributed by atoms with Crippen molar-refractivity contribution in [3.8, 4) is 0 Å².